The molecule has 2 aromatic carbocycles. The number of benzene rings is 2. The highest BCUT2D eigenvalue weighted by Gasteiger charge is 2.24. The average Bonchev–Trinajstić information content (AvgIpc) is 2.74. The molecule has 1 amide bonds. The molecule has 1 atom stereocenters. The largest absolute Gasteiger partial charge is 0.382 e. The molecule has 0 bridgehead atoms. The lowest BCUT2D eigenvalue weighted by Gasteiger charge is -2.15. The van der Waals surface area contributed by atoms with E-state index in [0.29, 0.717) is 6.42 Å². The minimum Gasteiger partial charge on any atom is -0.382 e. The van der Waals surface area contributed by atoms with Gasteiger partial charge in [-0.3, -0.25) is 4.79 Å². The number of hydrogen-bond acceptors (Lipinski definition) is 7. The van der Waals surface area contributed by atoms with Crippen LogP contribution in [-0.4, -0.2) is 29.5 Å². The van der Waals surface area contributed by atoms with Crippen LogP contribution in [-0.2, 0) is 14.6 Å². The fraction of sp³-hybridized carbons (Fsp3) is 0.150. The quantitative estimate of drug-likeness (QED) is 0.421. The lowest BCUT2D eigenvalue weighted by Crippen LogP contribution is -2.25. The Morgan fingerprint density at radius 3 is 2.47 bits per heavy atom. The second-order valence-corrected chi connectivity index (χ2v) is 9.29. The van der Waals surface area contributed by atoms with Crippen molar-refractivity contribution in [2.75, 3.05) is 11.1 Å². The number of nitrogen functional groups attached to an aromatic ring is 1. The summed E-state index contributed by atoms with van der Waals surface area (Å²) in [5, 5.41) is 2.06. The van der Waals surface area contributed by atoms with Gasteiger partial charge in [0, 0.05) is 0 Å². The molecule has 0 fully saturated rings. The van der Waals surface area contributed by atoms with E-state index in [1.165, 1.54) is 30.3 Å². The predicted molar refractivity (Wildman–Crippen MR) is 113 cm³/mol. The number of aromatic nitrogens is 2. The fourth-order valence-electron chi connectivity index (χ4n) is 2.58. The van der Waals surface area contributed by atoms with Crippen LogP contribution in [0.1, 0.15) is 13.3 Å². The number of nitrogens with two attached hydrogens (primary N) is 1. The van der Waals surface area contributed by atoms with Gasteiger partial charge < -0.3 is 11.1 Å². The van der Waals surface area contributed by atoms with E-state index < -0.39 is 26.8 Å². The predicted octanol–water partition coefficient (Wildman–Crippen LogP) is 3.54. The van der Waals surface area contributed by atoms with Gasteiger partial charge in [-0.2, -0.15) is 0 Å². The van der Waals surface area contributed by atoms with Crippen LogP contribution in [0.5, 0.6) is 0 Å². The maximum atomic E-state index is 13.8. The van der Waals surface area contributed by atoms with Crippen LogP contribution in [0.4, 0.5) is 15.9 Å². The Balaban J connectivity index is 1.79. The summed E-state index contributed by atoms with van der Waals surface area (Å²) >= 11 is 1.02. The molecule has 0 spiro atoms. The number of anilines is 2. The number of thioether (sulfide) groups is 1. The molecule has 1 aromatic heterocycles. The van der Waals surface area contributed by atoms with E-state index in [-0.39, 0.29) is 26.5 Å². The molecule has 3 aromatic rings. The lowest BCUT2D eigenvalue weighted by molar-refractivity contribution is -0.115. The smallest absolute Gasteiger partial charge is 0.238 e. The topological polar surface area (TPSA) is 115 Å². The van der Waals surface area contributed by atoms with E-state index in [4.69, 9.17) is 5.73 Å². The Kier molecular flexibility index (Phi) is 6.68. The summed E-state index contributed by atoms with van der Waals surface area (Å²) in [5.74, 6) is -1.17. The number of carbonyl (C=O) groups is 1. The van der Waals surface area contributed by atoms with Gasteiger partial charge in [-0.15, -0.1) is 0 Å². The third-order valence-electron chi connectivity index (χ3n) is 4.15. The van der Waals surface area contributed by atoms with Gasteiger partial charge in [0.25, 0.3) is 0 Å². The summed E-state index contributed by atoms with van der Waals surface area (Å²) in [6.07, 6.45) is 1.55. The first kappa shape index (κ1) is 21.7. The van der Waals surface area contributed by atoms with Gasteiger partial charge in [0.05, 0.1) is 22.0 Å². The van der Waals surface area contributed by atoms with Crippen LogP contribution in [0.25, 0.3) is 0 Å². The minimum absolute atomic E-state index is 0.0753. The molecule has 0 unspecified atom stereocenters. The number of amides is 1. The van der Waals surface area contributed by atoms with Gasteiger partial charge in [0.2, 0.25) is 15.7 Å². The molecular weight excluding hydrogens is 427 g/mol. The maximum Gasteiger partial charge on any atom is 0.238 e. The van der Waals surface area contributed by atoms with E-state index in [9.17, 15) is 17.6 Å². The van der Waals surface area contributed by atoms with Crippen molar-refractivity contribution in [2.45, 2.75) is 33.5 Å². The fourth-order valence-corrected chi connectivity index (χ4v) is 4.72. The zero-order valence-electron chi connectivity index (χ0n) is 15.9. The normalized spacial score (nSPS) is 12.3. The number of carbonyl (C=O) groups excluding carboxylic acids is 1. The number of para-hydroxylation sites is 1. The van der Waals surface area contributed by atoms with Crippen molar-refractivity contribution in [3.63, 3.8) is 0 Å². The summed E-state index contributed by atoms with van der Waals surface area (Å²) in [7, 11) is -3.86. The molecule has 0 saturated carbocycles. The third kappa shape index (κ3) is 4.77. The summed E-state index contributed by atoms with van der Waals surface area (Å²) in [4.78, 5) is 20.5. The number of rotatable bonds is 7. The Morgan fingerprint density at radius 1 is 1.17 bits per heavy atom. The minimum atomic E-state index is -3.86. The lowest BCUT2D eigenvalue weighted by atomic mass is 10.2. The van der Waals surface area contributed by atoms with Crippen LogP contribution in [0, 0.1) is 5.82 Å². The summed E-state index contributed by atoms with van der Waals surface area (Å²) in [6.45, 7) is 1.79. The average molecular weight is 447 g/mol. The molecule has 10 heteroatoms. The molecule has 0 aliphatic heterocycles. The molecule has 0 saturated heterocycles. The van der Waals surface area contributed by atoms with Crippen molar-refractivity contribution >= 4 is 39.0 Å². The van der Waals surface area contributed by atoms with Crippen LogP contribution < -0.4 is 11.1 Å². The molecule has 1 heterocycles. The van der Waals surface area contributed by atoms with Gasteiger partial charge >= 0.3 is 0 Å². The molecular formula is C20H19FN4O3S2. The van der Waals surface area contributed by atoms with Crippen molar-refractivity contribution in [1.29, 1.82) is 0 Å². The Labute approximate surface area is 177 Å². The monoisotopic (exact) mass is 446 g/mol. The first-order chi connectivity index (χ1) is 14.3. The van der Waals surface area contributed by atoms with Gasteiger partial charge in [-0.1, -0.05) is 49.0 Å². The first-order valence-electron chi connectivity index (χ1n) is 8.97. The Hall–Kier alpha value is -2.98. The van der Waals surface area contributed by atoms with E-state index in [2.05, 4.69) is 15.3 Å². The molecule has 3 N–H and O–H groups in total. The highest BCUT2D eigenvalue weighted by molar-refractivity contribution is 8.00. The van der Waals surface area contributed by atoms with Crippen molar-refractivity contribution in [3.05, 3.63) is 66.6 Å². The van der Waals surface area contributed by atoms with Crippen molar-refractivity contribution < 1.29 is 17.6 Å². The van der Waals surface area contributed by atoms with Crippen molar-refractivity contribution in [2.24, 2.45) is 0 Å². The maximum absolute atomic E-state index is 13.8. The summed E-state index contributed by atoms with van der Waals surface area (Å²) in [5.41, 5.74) is 5.96. The van der Waals surface area contributed by atoms with E-state index in [1.807, 2.05) is 0 Å². The van der Waals surface area contributed by atoms with E-state index in [0.717, 1.165) is 18.0 Å². The number of sulfone groups is 1. The Morgan fingerprint density at radius 2 is 1.83 bits per heavy atom. The zero-order chi connectivity index (χ0) is 21.7. The molecule has 156 valence electrons. The van der Waals surface area contributed by atoms with Crippen LogP contribution >= 0.6 is 11.8 Å². The first-order valence-corrected chi connectivity index (χ1v) is 11.3. The summed E-state index contributed by atoms with van der Waals surface area (Å²) in [6, 6.07) is 13.7. The van der Waals surface area contributed by atoms with Crippen molar-refractivity contribution in [1.82, 2.24) is 9.97 Å². The molecule has 3 rings (SSSR count). The van der Waals surface area contributed by atoms with E-state index >= 15 is 0 Å². The molecule has 0 aliphatic carbocycles. The highest BCUT2D eigenvalue weighted by Crippen LogP contribution is 2.28. The van der Waals surface area contributed by atoms with Crippen molar-refractivity contribution in [3.8, 4) is 0 Å². The standard InChI is InChI=1S/C20H19FN4O3S2/c1-2-16(19(26)24-15-11-7-6-10-14(15)21)29-20-23-12-17(18(22)25-20)30(27,28)13-8-4-3-5-9-13/h3-12,16H,2H2,1H3,(H,24,26)(H2,22,23,25)/t16-/m0/s1. The molecule has 7 nitrogen and oxygen atoms in total. The van der Waals surface area contributed by atoms with Gasteiger partial charge in [0.1, 0.15) is 16.5 Å². The summed E-state index contributed by atoms with van der Waals surface area (Å²) < 4.78 is 39.2. The third-order valence-corrected chi connectivity index (χ3v) is 7.17. The number of nitrogens with zero attached hydrogens (tertiary/aromatic N) is 2. The number of nitrogens with one attached hydrogen (secondary N) is 1. The highest BCUT2D eigenvalue weighted by atomic mass is 32.2. The molecule has 30 heavy (non-hydrogen) atoms. The second-order valence-electron chi connectivity index (χ2n) is 6.20. The zero-order valence-corrected chi connectivity index (χ0v) is 17.6. The number of hydrogen-bond donors (Lipinski definition) is 2. The van der Waals surface area contributed by atoms with Gasteiger partial charge in [0.15, 0.2) is 5.16 Å². The number of halogens is 1. The SMILES string of the molecule is CC[C@H](Sc1ncc(S(=O)(=O)c2ccccc2)c(N)n1)C(=O)Nc1ccccc1F. The van der Waals surface area contributed by atoms with Crippen LogP contribution in [0.2, 0.25) is 0 Å². The second kappa shape index (κ2) is 9.23. The van der Waals surface area contributed by atoms with Crippen LogP contribution in [0.3, 0.4) is 0 Å². The van der Waals surface area contributed by atoms with E-state index in [1.54, 1.807) is 31.2 Å². The van der Waals surface area contributed by atoms with Gasteiger partial charge in [-0.05, 0) is 30.7 Å². The van der Waals surface area contributed by atoms with Crippen LogP contribution in [0.15, 0.2) is 75.7 Å². The van der Waals surface area contributed by atoms with Gasteiger partial charge in [-0.25, -0.2) is 22.8 Å². The molecule has 0 aliphatic rings. The molecule has 0 radical (unpaired) electrons. The Bertz CT molecular complexity index is 1160.